The van der Waals surface area contributed by atoms with Gasteiger partial charge in [0.15, 0.2) is 0 Å². The smallest absolute Gasteiger partial charge is 0.319 e. The topological polar surface area (TPSA) is 59.6 Å². The third kappa shape index (κ3) is 2.90. The van der Waals surface area contributed by atoms with E-state index < -0.39 is 0 Å². The molecule has 1 aromatic rings. The van der Waals surface area contributed by atoms with Gasteiger partial charge < -0.3 is 20.1 Å². The number of hydrogen-bond acceptors (Lipinski definition) is 3. The van der Waals surface area contributed by atoms with E-state index in [1.807, 2.05) is 32.0 Å². The van der Waals surface area contributed by atoms with Gasteiger partial charge in [0.2, 0.25) is 0 Å². The molecule has 5 heteroatoms. The molecule has 1 saturated carbocycles. The molecule has 5 nitrogen and oxygen atoms in total. The van der Waals surface area contributed by atoms with Crippen molar-refractivity contribution in [2.45, 2.75) is 46.3 Å². The molecule has 0 spiro atoms. The molecule has 1 aromatic carbocycles. The lowest BCUT2D eigenvalue weighted by atomic mass is 9.57. The monoisotopic (exact) mass is 318 g/mol. The second-order valence-corrected chi connectivity index (χ2v) is 7.05. The zero-order valence-electron chi connectivity index (χ0n) is 14.3. The minimum Gasteiger partial charge on any atom is -0.494 e. The molecule has 1 aliphatic heterocycles. The van der Waals surface area contributed by atoms with Gasteiger partial charge in [0.05, 0.1) is 12.7 Å². The first-order valence-corrected chi connectivity index (χ1v) is 8.36. The van der Waals surface area contributed by atoms with E-state index in [1.54, 1.807) is 0 Å². The van der Waals surface area contributed by atoms with E-state index >= 15 is 0 Å². The van der Waals surface area contributed by atoms with Crippen molar-refractivity contribution >= 4 is 11.7 Å². The van der Waals surface area contributed by atoms with Gasteiger partial charge in [0.25, 0.3) is 0 Å². The fourth-order valence-electron chi connectivity index (χ4n) is 3.95. The Labute approximate surface area is 137 Å². The van der Waals surface area contributed by atoms with Crippen molar-refractivity contribution in [2.24, 2.45) is 11.3 Å². The van der Waals surface area contributed by atoms with Gasteiger partial charge >= 0.3 is 6.03 Å². The predicted octanol–water partition coefficient (Wildman–Crippen LogP) is 3.33. The molecule has 2 amide bonds. The van der Waals surface area contributed by atoms with E-state index in [1.165, 1.54) is 0 Å². The largest absolute Gasteiger partial charge is 0.494 e. The first kappa shape index (κ1) is 16.1. The number of carbonyl (C=O) groups is 1. The van der Waals surface area contributed by atoms with Gasteiger partial charge in [-0.2, -0.15) is 0 Å². The van der Waals surface area contributed by atoms with Gasteiger partial charge in [-0.1, -0.05) is 13.8 Å². The number of carbonyl (C=O) groups excluding carboxylic acids is 1. The molecule has 2 fully saturated rings. The molecule has 23 heavy (non-hydrogen) atoms. The molecule has 2 aliphatic rings. The third-order valence-electron chi connectivity index (χ3n) is 5.14. The second kappa shape index (κ2) is 6.04. The lowest BCUT2D eigenvalue weighted by molar-refractivity contribution is -0.107. The summed E-state index contributed by atoms with van der Waals surface area (Å²) in [6, 6.07) is 5.71. The van der Waals surface area contributed by atoms with Crippen LogP contribution >= 0.6 is 0 Å². The zero-order chi connectivity index (χ0) is 16.6. The Kier molecular flexibility index (Phi) is 4.23. The maximum Gasteiger partial charge on any atom is 0.319 e. The molecular formula is C18H26N2O3. The normalized spacial score (nSPS) is 27.7. The number of hydrogen-bond donors (Lipinski definition) is 2. The van der Waals surface area contributed by atoms with Crippen LogP contribution in [0.3, 0.4) is 0 Å². The Balaban J connectivity index is 1.62. The first-order chi connectivity index (χ1) is 10.9. The average Bonchev–Trinajstić information content (AvgIpc) is 2.95. The molecule has 0 radical (unpaired) electrons. The number of ether oxygens (including phenoxy) is 2. The molecule has 2 N–H and O–H groups in total. The van der Waals surface area contributed by atoms with Crippen LogP contribution in [0.25, 0.3) is 0 Å². The Hall–Kier alpha value is -1.75. The Morgan fingerprint density at radius 1 is 1.43 bits per heavy atom. The first-order valence-electron chi connectivity index (χ1n) is 8.36. The van der Waals surface area contributed by atoms with Gasteiger partial charge in [0, 0.05) is 29.7 Å². The molecule has 3 unspecified atom stereocenters. The highest BCUT2D eigenvalue weighted by Gasteiger charge is 2.59. The van der Waals surface area contributed by atoms with E-state index in [9.17, 15) is 4.79 Å². The van der Waals surface area contributed by atoms with E-state index in [0.717, 1.165) is 30.0 Å². The van der Waals surface area contributed by atoms with E-state index in [2.05, 4.69) is 24.5 Å². The third-order valence-corrected chi connectivity index (χ3v) is 5.14. The summed E-state index contributed by atoms with van der Waals surface area (Å²) in [6.45, 7) is 9.67. The standard InChI is InChI=1S/C18H26N2O3/c1-5-22-12-6-7-14(11(2)10-12)19-17(21)20-15-13-8-9-23-16(13)18(15,3)4/h6-7,10,13,15-16H,5,8-9H2,1-4H3,(H2,19,20,21). The van der Waals surface area contributed by atoms with Crippen LogP contribution in [0.5, 0.6) is 5.75 Å². The van der Waals surface area contributed by atoms with Crippen molar-refractivity contribution in [3.63, 3.8) is 0 Å². The second-order valence-electron chi connectivity index (χ2n) is 7.05. The number of anilines is 1. The number of amides is 2. The van der Waals surface area contributed by atoms with Crippen molar-refractivity contribution < 1.29 is 14.3 Å². The molecular weight excluding hydrogens is 292 g/mol. The molecule has 1 aliphatic carbocycles. The van der Waals surface area contributed by atoms with Crippen LogP contribution in [-0.4, -0.2) is 31.4 Å². The summed E-state index contributed by atoms with van der Waals surface area (Å²) < 4.78 is 11.2. The van der Waals surface area contributed by atoms with Gasteiger partial charge in [0.1, 0.15) is 5.75 Å². The summed E-state index contributed by atoms with van der Waals surface area (Å²) in [5.74, 6) is 1.26. The summed E-state index contributed by atoms with van der Waals surface area (Å²) in [5, 5.41) is 6.08. The fraction of sp³-hybridized carbons (Fsp3) is 0.611. The summed E-state index contributed by atoms with van der Waals surface area (Å²) in [5.41, 5.74) is 1.79. The van der Waals surface area contributed by atoms with Crippen LogP contribution in [0.4, 0.5) is 10.5 Å². The SMILES string of the molecule is CCOc1ccc(NC(=O)NC2C3CCOC3C2(C)C)c(C)c1. The van der Waals surface area contributed by atoms with Crippen LogP contribution in [-0.2, 0) is 4.74 Å². The molecule has 126 valence electrons. The Bertz CT molecular complexity index is 600. The lowest BCUT2D eigenvalue weighted by Crippen LogP contribution is -2.67. The zero-order valence-corrected chi connectivity index (χ0v) is 14.3. The summed E-state index contributed by atoms with van der Waals surface area (Å²) >= 11 is 0. The van der Waals surface area contributed by atoms with Crippen molar-refractivity contribution in [1.82, 2.24) is 5.32 Å². The summed E-state index contributed by atoms with van der Waals surface area (Å²) in [6.07, 6.45) is 1.31. The summed E-state index contributed by atoms with van der Waals surface area (Å²) in [7, 11) is 0. The summed E-state index contributed by atoms with van der Waals surface area (Å²) in [4.78, 5) is 12.4. The number of fused-ring (bicyclic) bond motifs is 1. The number of urea groups is 1. The molecule has 3 atom stereocenters. The van der Waals surface area contributed by atoms with Gasteiger partial charge in [-0.15, -0.1) is 0 Å². The van der Waals surface area contributed by atoms with Gasteiger partial charge in [-0.3, -0.25) is 0 Å². The minimum absolute atomic E-state index is 0.00756. The van der Waals surface area contributed by atoms with Crippen LogP contribution < -0.4 is 15.4 Å². The molecule has 0 aromatic heterocycles. The van der Waals surface area contributed by atoms with Crippen molar-refractivity contribution in [1.29, 1.82) is 0 Å². The van der Waals surface area contributed by atoms with Gasteiger partial charge in [-0.05, 0) is 44.0 Å². The quantitative estimate of drug-likeness (QED) is 0.895. The molecule has 3 rings (SSSR count). The fourth-order valence-corrected chi connectivity index (χ4v) is 3.95. The maximum absolute atomic E-state index is 12.4. The van der Waals surface area contributed by atoms with Crippen molar-refractivity contribution in [3.8, 4) is 5.75 Å². The predicted molar refractivity (Wildman–Crippen MR) is 89.9 cm³/mol. The Morgan fingerprint density at radius 3 is 2.91 bits per heavy atom. The average molecular weight is 318 g/mol. The van der Waals surface area contributed by atoms with Crippen molar-refractivity contribution in [3.05, 3.63) is 23.8 Å². The van der Waals surface area contributed by atoms with E-state index in [0.29, 0.717) is 12.5 Å². The van der Waals surface area contributed by atoms with Crippen LogP contribution in [0.1, 0.15) is 32.8 Å². The number of aryl methyl sites for hydroxylation is 1. The van der Waals surface area contributed by atoms with Crippen LogP contribution in [0.15, 0.2) is 18.2 Å². The number of nitrogens with one attached hydrogen (secondary N) is 2. The molecule has 0 bridgehead atoms. The van der Waals surface area contributed by atoms with E-state index in [4.69, 9.17) is 9.47 Å². The Morgan fingerprint density at radius 2 is 2.22 bits per heavy atom. The van der Waals surface area contributed by atoms with E-state index in [-0.39, 0.29) is 23.6 Å². The number of benzene rings is 1. The lowest BCUT2D eigenvalue weighted by Gasteiger charge is -2.54. The highest BCUT2D eigenvalue weighted by atomic mass is 16.5. The highest BCUT2D eigenvalue weighted by Crippen LogP contribution is 2.52. The number of rotatable bonds is 4. The van der Waals surface area contributed by atoms with Gasteiger partial charge in [-0.25, -0.2) is 4.79 Å². The maximum atomic E-state index is 12.4. The molecule has 1 heterocycles. The highest BCUT2D eigenvalue weighted by molar-refractivity contribution is 5.90. The van der Waals surface area contributed by atoms with Crippen molar-refractivity contribution in [2.75, 3.05) is 18.5 Å². The van der Waals surface area contributed by atoms with Crippen LogP contribution in [0.2, 0.25) is 0 Å². The minimum atomic E-state index is -0.152. The van der Waals surface area contributed by atoms with Crippen LogP contribution in [0, 0.1) is 18.3 Å². The molecule has 1 saturated heterocycles.